The van der Waals surface area contributed by atoms with Crippen molar-refractivity contribution < 1.29 is 36.3 Å². The second kappa shape index (κ2) is 28.7. The summed E-state index contributed by atoms with van der Waals surface area (Å²) in [5.41, 5.74) is 6.38. The van der Waals surface area contributed by atoms with Crippen LogP contribution in [0.15, 0.2) is 192 Å². The zero-order valence-electron chi connectivity index (χ0n) is 45.2. The molecule has 18 heteroatoms. The number of nitrogens with one attached hydrogen (secondary N) is 2. The number of benzene rings is 6. The van der Waals surface area contributed by atoms with Gasteiger partial charge in [0, 0.05) is 74.8 Å². The van der Waals surface area contributed by atoms with E-state index in [9.17, 15) is 19.2 Å². The Kier molecular flexibility index (Phi) is 21.6. The molecule has 1 amide bonds. The van der Waals surface area contributed by atoms with Gasteiger partial charge < -0.3 is 32.5 Å². The van der Waals surface area contributed by atoms with Crippen LogP contribution in [0, 0.1) is 6.92 Å². The number of fused-ring (bicyclic) bond motifs is 2. The average Bonchev–Trinajstić information content (AvgIpc) is 3.48. The number of carbonyl (C=O) groups is 2. The smallest absolute Gasteiger partial charge is 1.00 e. The maximum absolute atomic E-state index is 13.7. The first kappa shape index (κ1) is 60.4. The predicted octanol–water partition coefficient (Wildman–Crippen LogP) is 6.49. The van der Waals surface area contributed by atoms with Gasteiger partial charge in [0.25, 0.3) is 17.0 Å². The predicted molar refractivity (Wildman–Crippen MR) is 313 cm³/mol. The Morgan fingerprint density at radius 2 is 0.975 bits per heavy atom. The van der Waals surface area contributed by atoms with Crippen molar-refractivity contribution in [2.24, 2.45) is 14.1 Å². The largest absolute Gasteiger partial charge is 2.00 e. The summed E-state index contributed by atoms with van der Waals surface area (Å²) in [6.45, 7) is 3.71. The minimum absolute atomic E-state index is 0. The van der Waals surface area contributed by atoms with Gasteiger partial charge >= 0.3 is 23.1 Å². The molecule has 402 valence electrons. The molecule has 4 aromatic heterocycles. The minimum Gasteiger partial charge on any atom is -1.00 e. The van der Waals surface area contributed by atoms with Crippen molar-refractivity contribution in [2.45, 2.75) is 6.42 Å². The second-order valence-corrected chi connectivity index (χ2v) is 17.8. The summed E-state index contributed by atoms with van der Waals surface area (Å²) in [4.78, 5) is 74.7. The number of halogens is 1. The van der Waals surface area contributed by atoms with Crippen LogP contribution in [-0.2, 0) is 34.9 Å². The number of hydroxylamine groups is 2. The number of pyridine rings is 2. The number of ether oxygens (including phenoxy) is 2. The molecule has 2 N–H and O–H groups in total. The maximum atomic E-state index is 13.7. The molecule has 10 aromatic rings. The van der Waals surface area contributed by atoms with Gasteiger partial charge in [-0.25, -0.2) is 15.0 Å². The number of amides is 1. The van der Waals surface area contributed by atoms with Gasteiger partial charge in [0.2, 0.25) is 11.9 Å². The monoisotopic (exact) mass is 1100 g/mol. The van der Waals surface area contributed by atoms with Gasteiger partial charge in [-0.05, 0) is 75.1 Å². The van der Waals surface area contributed by atoms with Crippen molar-refractivity contribution in [1.82, 2.24) is 34.1 Å². The summed E-state index contributed by atoms with van der Waals surface area (Å²) >= 11 is 0. The number of anilines is 2. The van der Waals surface area contributed by atoms with Crippen molar-refractivity contribution in [3.63, 3.8) is 0 Å². The zero-order valence-corrected chi connectivity index (χ0v) is 47.4. The molecule has 10 rings (SSSR count). The molecular weight excluding hydrogens is 1040 g/mol. The number of ketones is 1. The van der Waals surface area contributed by atoms with Gasteiger partial charge in [0.15, 0.2) is 5.78 Å². The molecule has 0 fully saturated rings. The molecule has 0 aliphatic heterocycles. The third-order valence-corrected chi connectivity index (χ3v) is 12.8. The standard InChI is InChI=1S/C30H26N4O3.C24H23N5O3.C8H9O.ClH.Mg/c1-34-29(36)27(24-12-11-20-7-3-4-8-22(20)17-24)28(21-13-15-31-16-14-21)33-30(34)32-19-25(35)18-23-9-5-6-10-26(23)37-2;1-28-23(31)21(19-9-8-16-6-4-5-7-18(16)14-19)22(17-10-12-25-13-11-17)27-24(28)26-15-20(30)29(2)32-3;1-7-5-3-4-6-8(7)9-2;;/h3-17H,18-19H2,1-2H3,(H,32,33);4-14H,15H2,1-3H3,(H,26,27);3-6H,1H2,2H3;1H;/q;;-1;;+2/p-1. The fourth-order valence-electron chi connectivity index (χ4n) is 8.54. The summed E-state index contributed by atoms with van der Waals surface area (Å²) in [6.07, 6.45) is 6.86. The normalized spacial score (nSPS) is 10.4. The first-order valence-electron chi connectivity index (χ1n) is 24.8. The minimum atomic E-state index is -0.300. The van der Waals surface area contributed by atoms with Gasteiger partial charge in [-0.1, -0.05) is 103 Å². The number of carbonyl (C=O) groups excluding carboxylic acids is 2. The Morgan fingerprint density at radius 1 is 0.550 bits per heavy atom. The van der Waals surface area contributed by atoms with Crippen molar-refractivity contribution in [1.29, 1.82) is 0 Å². The van der Waals surface area contributed by atoms with Gasteiger partial charge in [-0.15, -0.1) is 6.07 Å². The number of aromatic nitrogens is 6. The van der Waals surface area contributed by atoms with Gasteiger partial charge in [0.05, 0.1) is 56.9 Å². The van der Waals surface area contributed by atoms with Crippen LogP contribution in [0.25, 0.3) is 66.3 Å². The first-order chi connectivity index (χ1) is 37.9. The molecule has 6 aromatic carbocycles. The van der Waals surface area contributed by atoms with Crippen LogP contribution in [0.1, 0.15) is 11.1 Å². The summed E-state index contributed by atoms with van der Waals surface area (Å²) in [7, 11) is 9.43. The van der Waals surface area contributed by atoms with Crippen molar-refractivity contribution >= 4 is 68.2 Å². The first-order valence-corrected chi connectivity index (χ1v) is 24.8. The number of methoxy groups -OCH3 is 2. The number of para-hydroxylation sites is 2. The quantitative estimate of drug-likeness (QED) is 0.0646. The Morgan fingerprint density at radius 3 is 1.43 bits per heavy atom. The van der Waals surface area contributed by atoms with Crippen LogP contribution < -0.4 is 43.6 Å². The number of rotatable bonds is 15. The molecule has 0 radical (unpaired) electrons. The third-order valence-electron chi connectivity index (χ3n) is 12.8. The van der Waals surface area contributed by atoms with Gasteiger partial charge in [-0.3, -0.25) is 43.1 Å². The Labute approximate surface area is 486 Å². The fourth-order valence-corrected chi connectivity index (χ4v) is 8.54. The van der Waals surface area contributed by atoms with E-state index in [4.69, 9.17) is 24.3 Å². The van der Waals surface area contributed by atoms with E-state index in [1.807, 2.05) is 146 Å². The molecule has 0 unspecified atom stereocenters. The van der Waals surface area contributed by atoms with E-state index >= 15 is 0 Å². The zero-order chi connectivity index (χ0) is 55.1. The van der Waals surface area contributed by atoms with Crippen LogP contribution in [0.3, 0.4) is 0 Å². The molecular formula is C62H58ClMgN9O7. The van der Waals surface area contributed by atoms with Crippen molar-refractivity contribution in [3.05, 3.63) is 221 Å². The topological polar surface area (TPSA) is 185 Å². The molecule has 4 heterocycles. The van der Waals surface area contributed by atoms with Crippen LogP contribution >= 0.6 is 0 Å². The number of Topliss-reactive ketones (excluding diaryl/α,β-unsaturated/α-hetero) is 1. The van der Waals surface area contributed by atoms with Crippen LogP contribution in [0.4, 0.5) is 11.9 Å². The molecule has 0 atom stereocenters. The van der Waals surface area contributed by atoms with Crippen molar-refractivity contribution in [2.75, 3.05) is 52.1 Å². The molecule has 0 spiro atoms. The third kappa shape index (κ3) is 14.4. The summed E-state index contributed by atoms with van der Waals surface area (Å²) in [5.74, 6) is 1.76. The molecule has 0 aliphatic rings. The molecule has 80 heavy (non-hydrogen) atoms. The van der Waals surface area contributed by atoms with Gasteiger partial charge in [0.1, 0.15) is 5.75 Å². The Balaban J connectivity index is 0.000000220. The molecule has 16 nitrogen and oxygen atoms in total. The van der Waals surface area contributed by atoms with E-state index in [1.54, 1.807) is 65.2 Å². The van der Waals surface area contributed by atoms with Crippen molar-refractivity contribution in [3.8, 4) is 56.3 Å². The molecule has 0 saturated heterocycles. The fraction of sp³-hybridized carbons (Fsp3) is 0.145. The second-order valence-electron chi connectivity index (χ2n) is 17.8. The number of hydrogen-bond acceptors (Lipinski definition) is 13. The van der Waals surface area contributed by atoms with E-state index in [0.717, 1.165) is 65.7 Å². The van der Waals surface area contributed by atoms with E-state index in [2.05, 4.69) is 27.5 Å². The van der Waals surface area contributed by atoms with Crippen LogP contribution in [0.2, 0.25) is 0 Å². The Bertz CT molecular complexity index is 3860. The number of likely N-dealkylation sites (N-methyl/N-ethyl adjacent to an activating group) is 1. The summed E-state index contributed by atoms with van der Waals surface area (Å²) in [6, 6.07) is 50.2. The average molecular weight is 1100 g/mol. The SMILES string of the molecule is CON(C)C(=O)CNc1nc(-c2ccncc2)c(-c2ccc3ccccc3c2)c(=O)n1C.COc1ccccc1CC(=O)CNc1nc(-c2ccncc2)c(-c2ccc3ccccc3c2)c(=O)n1C.[CH2-]c1ccccc1OC.[Cl-].[Mg+2]. The van der Waals surface area contributed by atoms with E-state index in [0.29, 0.717) is 34.2 Å². The van der Waals surface area contributed by atoms with E-state index < -0.39 is 0 Å². The summed E-state index contributed by atoms with van der Waals surface area (Å²) in [5, 5.41) is 11.4. The van der Waals surface area contributed by atoms with E-state index in [-0.39, 0.29) is 83.7 Å². The summed E-state index contributed by atoms with van der Waals surface area (Å²) < 4.78 is 13.2. The molecule has 0 saturated carbocycles. The van der Waals surface area contributed by atoms with Crippen LogP contribution in [0.5, 0.6) is 11.5 Å². The van der Waals surface area contributed by atoms with Crippen LogP contribution in [-0.4, -0.2) is 110 Å². The Hall–Kier alpha value is -8.87. The number of nitrogens with zero attached hydrogens (tertiary/aromatic N) is 7. The molecule has 0 aliphatic carbocycles. The van der Waals surface area contributed by atoms with E-state index in [1.165, 1.54) is 23.3 Å². The maximum Gasteiger partial charge on any atom is 2.00 e. The molecule has 0 bridgehead atoms. The number of hydrogen-bond donors (Lipinski definition) is 2. The van der Waals surface area contributed by atoms with Gasteiger partial charge in [-0.2, -0.15) is 18.6 Å².